The molecule has 1 fully saturated rings. The second-order valence-electron chi connectivity index (χ2n) is 5.29. The summed E-state index contributed by atoms with van der Waals surface area (Å²) in [6.07, 6.45) is 3.62. The normalized spacial score (nSPS) is 21.5. The van der Waals surface area contributed by atoms with Gasteiger partial charge in [-0.1, -0.05) is 0 Å². The summed E-state index contributed by atoms with van der Waals surface area (Å²) in [4.78, 5) is 15.8. The Hall–Kier alpha value is -2.15. The maximum Gasteiger partial charge on any atom is 0.222 e. The third kappa shape index (κ3) is 2.57. The Morgan fingerprint density at radius 1 is 1.40 bits per heavy atom. The van der Waals surface area contributed by atoms with E-state index in [1.165, 1.54) is 0 Å². The topological polar surface area (TPSA) is 119 Å². The highest BCUT2D eigenvalue weighted by Gasteiger charge is 2.29. The molecule has 0 aliphatic heterocycles. The standard InChI is InChI=1S/C13H19N7/c1-7-11(18-6-17-7)5-16-12-4-10(19-13(15)20-12)8-2-9(14)3-8/h4,6,8-9H,2-3,5,14H2,1H3,(H,17,18)(H3,15,16,19,20). The van der Waals surface area contributed by atoms with E-state index >= 15 is 0 Å². The first-order valence-corrected chi connectivity index (χ1v) is 6.74. The summed E-state index contributed by atoms with van der Waals surface area (Å²) in [6.45, 7) is 2.59. The predicted molar refractivity (Wildman–Crippen MR) is 77.0 cm³/mol. The van der Waals surface area contributed by atoms with Crippen molar-refractivity contribution in [2.45, 2.75) is 38.3 Å². The molecule has 2 heterocycles. The first kappa shape index (κ1) is 12.9. The molecule has 0 radical (unpaired) electrons. The number of hydrogen-bond acceptors (Lipinski definition) is 6. The Labute approximate surface area is 117 Å². The molecule has 20 heavy (non-hydrogen) atoms. The van der Waals surface area contributed by atoms with Crippen molar-refractivity contribution in [2.75, 3.05) is 11.1 Å². The lowest BCUT2D eigenvalue weighted by molar-refractivity contribution is 0.345. The fraction of sp³-hybridized carbons (Fsp3) is 0.462. The van der Waals surface area contributed by atoms with Gasteiger partial charge < -0.3 is 21.8 Å². The lowest BCUT2D eigenvalue weighted by Crippen LogP contribution is -2.35. The van der Waals surface area contributed by atoms with Gasteiger partial charge in [0.1, 0.15) is 5.82 Å². The Morgan fingerprint density at radius 2 is 2.20 bits per heavy atom. The van der Waals surface area contributed by atoms with E-state index in [1.54, 1.807) is 6.33 Å². The van der Waals surface area contributed by atoms with Crippen LogP contribution in [0.1, 0.15) is 35.8 Å². The molecule has 0 bridgehead atoms. The molecule has 106 valence electrons. The number of aromatic amines is 1. The molecule has 1 aliphatic carbocycles. The molecule has 2 aromatic rings. The van der Waals surface area contributed by atoms with Crippen molar-refractivity contribution in [2.24, 2.45) is 5.73 Å². The lowest BCUT2D eigenvalue weighted by Gasteiger charge is -2.32. The Balaban J connectivity index is 1.71. The highest BCUT2D eigenvalue weighted by molar-refractivity contribution is 5.42. The summed E-state index contributed by atoms with van der Waals surface area (Å²) in [5.74, 6) is 1.43. The minimum Gasteiger partial charge on any atom is -0.368 e. The summed E-state index contributed by atoms with van der Waals surface area (Å²) < 4.78 is 0. The number of nitrogens with two attached hydrogens (primary N) is 2. The monoisotopic (exact) mass is 273 g/mol. The van der Waals surface area contributed by atoms with Crippen LogP contribution in [-0.2, 0) is 6.54 Å². The summed E-state index contributed by atoms with van der Waals surface area (Å²) in [5.41, 5.74) is 14.6. The molecule has 1 aliphatic rings. The van der Waals surface area contributed by atoms with Crippen LogP contribution in [0.5, 0.6) is 0 Å². The number of nitrogens with one attached hydrogen (secondary N) is 2. The van der Waals surface area contributed by atoms with E-state index < -0.39 is 0 Å². The highest BCUT2D eigenvalue weighted by Crippen LogP contribution is 2.35. The van der Waals surface area contributed by atoms with Crippen LogP contribution in [0.25, 0.3) is 0 Å². The van der Waals surface area contributed by atoms with Gasteiger partial charge >= 0.3 is 0 Å². The second kappa shape index (κ2) is 5.09. The molecule has 7 heteroatoms. The van der Waals surface area contributed by atoms with Crippen molar-refractivity contribution >= 4 is 11.8 Å². The number of hydrogen-bond donors (Lipinski definition) is 4. The number of nitrogen functional groups attached to an aromatic ring is 1. The van der Waals surface area contributed by atoms with Crippen LogP contribution in [-0.4, -0.2) is 26.0 Å². The average Bonchev–Trinajstić information content (AvgIpc) is 2.77. The first-order chi connectivity index (χ1) is 9.61. The first-order valence-electron chi connectivity index (χ1n) is 6.74. The van der Waals surface area contributed by atoms with Crippen LogP contribution >= 0.6 is 0 Å². The lowest BCUT2D eigenvalue weighted by atomic mass is 9.78. The van der Waals surface area contributed by atoms with E-state index in [4.69, 9.17) is 11.5 Å². The average molecular weight is 273 g/mol. The number of rotatable bonds is 4. The van der Waals surface area contributed by atoms with Crippen molar-refractivity contribution in [3.8, 4) is 0 Å². The minimum atomic E-state index is 0.291. The Morgan fingerprint density at radius 3 is 2.85 bits per heavy atom. The number of H-pyrrole nitrogens is 1. The number of anilines is 2. The van der Waals surface area contributed by atoms with Crippen molar-refractivity contribution in [1.82, 2.24) is 19.9 Å². The molecule has 0 unspecified atom stereocenters. The Kier molecular flexibility index (Phi) is 3.27. The van der Waals surface area contributed by atoms with Gasteiger partial charge in [-0.05, 0) is 19.8 Å². The van der Waals surface area contributed by atoms with E-state index in [-0.39, 0.29) is 0 Å². The van der Waals surface area contributed by atoms with E-state index in [9.17, 15) is 0 Å². The predicted octanol–water partition coefficient (Wildman–Crippen LogP) is 0.907. The molecule has 0 spiro atoms. The van der Waals surface area contributed by atoms with E-state index in [1.807, 2.05) is 13.0 Å². The number of aromatic nitrogens is 4. The molecule has 0 atom stereocenters. The third-order valence-electron chi connectivity index (χ3n) is 3.73. The fourth-order valence-electron chi connectivity index (χ4n) is 2.43. The van der Waals surface area contributed by atoms with Crippen LogP contribution in [0.4, 0.5) is 11.8 Å². The van der Waals surface area contributed by atoms with Crippen LogP contribution < -0.4 is 16.8 Å². The minimum absolute atomic E-state index is 0.291. The van der Waals surface area contributed by atoms with Crippen LogP contribution in [0, 0.1) is 6.92 Å². The Bertz CT molecular complexity index is 601. The van der Waals surface area contributed by atoms with Crippen molar-refractivity contribution < 1.29 is 0 Å². The summed E-state index contributed by atoms with van der Waals surface area (Å²) >= 11 is 0. The van der Waals surface area contributed by atoms with Gasteiger partial charge in [-0.3, -0.25) is 0 Å². The molecule has 7 nitrogen and oxygen atoms in total. The zero-order valence-electron chi connectivity index (χ0n) is 11.4. The summed E-state index contributed by atoms with van der Waals surface area (Å²) in [6, 6.07) is 2.24. The maximum absolute atomic E-state index is 5.82. The van der Waals surface area contributed by atoms with E-state index in [2.05, 4.69) is 25.3 Å². The zero-order valence-corrected chi connectivity index (χ0v) is 11.4. The zero-order chi connectivity index (χ0) is 14.1. The largest absolute Gasteiger partial charge is 0.368 e. The van der Waals surface area contributed by atoms with Gasteiger partial charge in [0, 0.05) is 23.7 Å². The van der Waals surface area contributed by atoms with Crippen molar-refractivity contribution in [3.05, 3.63) is 29.5 Å². The molecular formula is C13H19N7. The van der Waals surface area contributed by atoms with E-state index in [0.717, 1.165) is 35.7 Å². The van der Waals surface area contributed by atoms with Gasteiger partial charge in [0.15, 0.2) is 0 Å². The van der Waals surface area contributed by atoms with Crippen LogP contribution in [0.2, 0.25) is 0 Å². The number of aryl methyl sites for hydroxylation is 1. The molecule has 0 aromatic carbocycles. The number of imidazole rings is 1. The van der Waals surface area contributed by atoms with Crippen molar-refractivity contribution in [1.29, 1.82) is 0 Å². The number of nitrogens with zero attached hydrogens (tertiary/aromatic N) is 3. The van der Waals surface area contributed by atoms with E-state index in [0.29, 0.717) is 24.5 Å². The van der Waals surface area contributed by atoms with Gasteiger partial charge in [-0.2, -0.15) is 4.98 Å². The van der Waals surface area contributed by atoms with Gasteiger partial charge in [0.25, 0.3) is 0 Å². The molecule has 0 saturated heterocycles. The summed E-state index contributed by atoms with van der Waals surface area (Å²) in [5, 5.41) is 3.24. The molecule has 0 amide bonds. The molecule has 1 saturated carbocycles. The van der Waals surface area contributed by atoms with Gasteiger partial charge in [-0.25, -0.2) is 9.97 Å². The molecule has 3 rings (SSSR count). The highest BCUT2D eigenvalue weighted by atomic mass is 15.1. The third-order valence-corrected chi connectivity index (χ3v) is 3.73. The van der Waals surface area contributed by atoms with Crippen LogP contribution in [0.3, 0.4) is 0 Å². The quantitative estimate of drug-likeness (QED) is 0.657. The van der Waals surface area contributed by atoms with Crippen LogP contribution in [0.15, 0.2) is 12.4 Å². The maximum atomic E-state index is 5.82. The van der Waals surface area contributed by atoms with Crippen molar-refractivity contribution in [3.63, 3.8) is 0 Å². The van der Waals surface area contributed by atoms with Gasteiger partial charge in [-0.15, -0.1) is 0 Å². The van der Waals surface area contributed by atoms with Gasteiger partial charge in [0.2, 0.25) is 5.95 Å². The SMILES string of the molecule is Cc1[nH]cnc1CNc1cc(C2CC(N)C2)nc(N)n1. The smallest absolute Gasteiger partial charge is 0.222 e. The molecule has 2 aromatic heterocycles. The fourth-order valence-corrected chi connectivity index (χ4v) is 2.43. The van der Waals surface area contributed by atoms with Gasteiger partial charge in [0.05, 0.1) is 24.3 Å². The molecule has 6 N–H and O–H groups in total. The second-order valence-corrected chi connectivity index (χ2v) is 5.29. The summed E-state index contributed by atoms with van der Waals surface area (Å²) in [7, 11) is 0. The molecular weight excluding hydrogens is 254 g/mol.